The molecule has 1 fully saturated rings. The SMILES string of the molecule is CC[C@H]1CN(C(=O)C(C)C)CC[C@H]1NCc1ccc(Cl)c(F)c1. The molecule has 0 bridgehead atoms. The summed E-state index contributed by atoms with van der Waals surface area (Å²) in [6, 6.07) is 5.27. The normalized spacial score (nSPS) is 21.7. The topological polar surface area (TPSA) is 32.3 Å². The van der Waals surface area contributed by atoms with Crippen LogP contribution in [0.1, 0.15) is 39.2 Å². The molecular weight excluding hydrogens is 315 g/mol. The second kappa shape index (κ2) is 8.11. The van der Waals surface area contributed by atoms with Crippen LogP contribution < -0.4 is 5.32 Å². The van der Waals surface area contributed by atoms with Crippen LogP contribution in [0.3, 0.4) is 0 Å². The van der Waals surface area contributed by atoms with Gasteiger partial charge >= 0.3 is 0 Å². The Kier molecular flexibility index (Phi) is 6.42. The molecule has 1 aromatic carbocycles. The van der Waals surface area contributed by atoms with Crippen molar-refractivity contribution in [3.63, 3.8) is 0 Å². The first-order valence-electron chi connectivity index (χ1n) is 8.38. The molecule has 1 heterocycles. The first-order chi connectivity index (χ1) is 10.9. The van der Waals surface area contributed by atoms with E-state index in [1.807, 2.05) is 24.8 Å². The Morgan fingerprint density at radius 1 is 1.48 bits per heavy atom. The van der Waals surface area contributed by atoms with Gasteiger partial charge in [0.05, 0.1) is 5.02 Å². The van der Waals surface area contributed by atoms with E-state index in [1.54, 1.807) is 6.07 Å². The second-order valence-corrected chi connectivity index (χ2v) is 7.04. The molecule has 0 aliphatic carbocycles. The van der Waals surface area contributed by atoms with Crippen LogP contribution in [-0.4, -0.2) is 29.9 Å². The van der Waals surface area contributed by atoms with Crippen molar-refractivity contribution >= 4 is 17.5 Å². The zero-order valence-corrected chi connectivity index (χ0v) is 14.9. The minimum absolute atomic E-state index is 0.0501. The van der Waals surface area contributed by atoms with Crippen molar-refractivity contribution in [1.82, 2.24) is 10.2 Å². The Morgan fingerprint density at radius 3 is 2.83 bits per heavy atom. The number of piperidine rings is 1. The lowest BCUT2D eigenvalue weighted by molar-refractivity contribution is -0.136. The van der Waals surface area contributed by atoms with E-state index in [0.29, 0.717) is 18.5 Å². The van der Waals surface area contributed by atoms with Gasteiger partial charge in [-0.05, 0) is 30.0 Å². The molecule has 0 radical (unpaired) electrons. The number of rotatable bonds is 5. The minimum atomic E-state index is -0.379. The fraction of sp³-hybridized carbons (Fsp3) is 0.611. The maximum absolute atomic E-state index is 13.5. The summed E-state index contributed by atoms with van der Waals surface area (Å²) in [5.41, 5.74) is 0.891. The molecule has 1 aliphatic rings. The highest BCUT2D eigenvalue weighted by molar-refractivity contribution is 6.30. The third-order valence-corrected chi connectivity index (χ3v) is 4.92. The van der Waals surface area contributed by atoms with Crippen LogP contribution in [0.25, 0.3) is 0 Å². The first-order valence-corrected chi connectivity index (χ1v) is 8.76. The molecule has 1 amide bonds. The standard InChI is InChI=1S/C18H26ClFN2O/c1-4-14-11-22(18(23)12(2)3)8-7-17(14)21-10-13-5-6-15(19)16(20)9-13/h5-6,9,12,14,17,21H,4,7-8,10-11H2,1-3H3/t14-,17+/m0/s1. The Labute approximate surface area is 143 Å². The van der Waals surface area contributed by atoms with Crippen LogP contribution in [0.2, 0.25) is 5.02 Å². The largest absolute Gasteiger partial charge is 0.342 e. The number of amides is 1. The number of hydrogen-bond donors (Lipinski definition) is 1. The smallest absolute Gasteiger partial charge is 0.225 e. The summed E-state index contributed by atoms with van der Waals surface area (Å²) < 4.78 is 13.5. The number of benzene rings is 1. The monoisotopic (exact) mass is 340 g/mol. The zero-order valence-electron chi connectivity index (χ0n) is 14.1. The molecule has 3 nitrogen and oxygen atoms in total. The summed E-state index contributed by atoms with van der Waals surface area (Å²) in [6.45, 7) is 8.27. The number of halogens is 2. The molecular formula is C18H26ClFN2O. The van der Waals surface area contributed by atoms with E-state index in [0.717, 1.165) is 31.5 Å². The van der Waals surface area contributed by atoms with Gasteiger partial charge in [0.1, 0.15) is 5.82 Å². The predicted molar refractivity (Wildman–Crippen MR) is 91.9 cm³/mol. The van der Waals surface area contributed by atoms with Gasteiger partial charge in [-0.25, -0.2) is 4.39 Å². The molecule has 128 valence electrons. The second-order valence-electron chi connectivity index (χ2n) is 6.63. The zero-order chi connectivity index (χ0) is 17.0. The highest BCUT2D eigenvalue weighted by atomic mass is 35.5. The van der Waals surface area contributed by atoms with Gasteiger partial charge in [-0.3, -0.25) is 4.79 Å². The van der Waals surface area contributed by atoms with Gasteiger partial charge in [-0.2, -0.15) is 0 Å². The van der Waals surface area contributed by atoms with E-state index in [1.165, 1.54) is 6.07 Å². The fourth-order valence-corrected chi connectivity index (χ4v) is 3.30. The molecule has 1 saturated heterocycles. The van der Waals surface area contributed by atoms with E-state index in [2.05, 4.69) is 12.2 Å². The van der Waals surface area contributed by atoms with E-state index < -0.39 is 0 Å². The Bertz CT molecular complexity index is 550. The molecule has 0 saturated carbocycles. The first kappa shape index (κ1) is 18.2. The number of nitrogens with zero attached hydrogens (tertiary/aromatic N) is 1. The third-order valence-electron chi connectivity index (χ3n) is 4.62. The lowest BCUT2D eigenvalue weighted by Gasteiger charge is -2.39. The molecule has 0 aromatic heterocycles. The Morgan fingerprint density at radius 2 is 2.22 bits per heavy atom. The molecule has 0 unspecified atom stereocenters. The molecule has 1 aliphatic heterocycles. The van der Waals surface area contributed by atoms with Gasteiger partial charge in [-0.15, -0.1) is 0 Å². The Balaban J connectivity index is 1.93. The number of likely N-dealkylation sites (tertiary alicyclic amines) is 1. The minimum Gasteiger partial charge on any atom is -0.342 e. The van der Waals surface area contributed by atoms with Crippen molar-refractivity contribution in [2.45, 2.75) is 46.2 Å². The number of nitrogens with one attached hydrogen (secondary N) is 1. The molecule has 23 heavy (non-hydrogen) atoms. The molecule has 1 aromatic rings. The van der Waals surface area contributed by atoms with Crippen molar-refractivity contribution in [2.24, 2.45) is 11.8 Å². The van der Waals surface area contributed by atoms with E-state index in [9.17, 15) is 9.18 Å². The quantitative estimate of drug-likeness (QED) is 0.883. The van der Waals surface area contributed by atoms with Crippen LogP contribution >= 0.6 is 11.6 Å². The summed E-state index contributed by atoms with van der Waals surface area (Å²) in [4.78, 5) is 14.2. The van der Waals surface area contributed by atoms with Crippen molar-refractivity contribution in [1.29, 1.82) is 0 Å². The van der Waals surface area contributed by atoms with Gasteiger partial charge in [-0.1, -0.05) is 44.9 Å². The summed E-state index contributed by atoms with van der Waals surface area (Å²) in [5, 5.41) is 3.68. The lowest BCUT2D eigenvalue weighted by atomic mass is 9.89. The molecule has 1 N–H and O–H groups in total. The highest BCUT2D eigenvalue weighted by Gasteiger charge is 2.30. The van der Waals surface area contributed by atoms with Gasteiger partial charge in [0.25, 0.3) is 0 Å². The number of hydrogen-bond acceptors (Lipinski definition) is 2. The van der Waals surface area contributed by atoms with E-state index >= 15 is 0 Å². The molecule has 2 rings (SSSR count). The molecule has 2 atom stereocenters. The van der Waals surface area contributed by atoms with Gasteiger partial charge in [0.15, 0.2) is 0 Å². The number of carbonyl (C=O) groups is 1. The van der Waals surface area contributed by atoms with Crippen molar-refractivity contribution in [2.75, 3.05) is 13.1 Å². The molecule has 5 heteroatoms. The number of carbonyl (C=O) groups excluding carboxylic acids is 1. The van der Waals surface area contributed by atoms with Crippen LogP contribution in [0.15, 0.2) is 18.2 Å². The highest BCUT2D eigenvalue weighted by Crippen LogP contribution is 2.22. The Hall–Kier alpha value is -1.13. The van der Waals surface area contributed by atoms with E-state index in [4.69, 9.17) is 11.6 Å². The summed E-state index contributed by atoms with van der Waals surface area (Å²) in [7, 11) is 0. The van der Waals surface area contributed by atoms with Crippen LogP contribution in [-0.2, 0) is 11.3 Å². The van der Waals surface area contributed by atoms with E-state index in [-0.39, 0.29) is 22.7 Å². The summed E-state index contributed by atoms with van der Waals surface area (Å²) in [5.74, 6) is 0.342. The average Bonchev–Trinajstić information content (AvgIpc) is 2.55. The van der Waals surface area contributed by atoms with Gasteiger partial charge in [0.2, 0.25) is 5.91 Å². The molecule has 0 spiro atoms. The van der Waals surface area contributed by atoms with Gasteiger partial charge < -0.3 is 10.2 Å². The van der Waals surface area contributed by atoms with Crippen molar-refractivity contribution < 1.29 is 9.18 Å². The third kappa shape index (κ3) is 4.67. The fourth-order valence-electron chi connectivity index (χ4n) is 3.18. The van der Waals surface area contributed by atoms with Crippen LogP contribution in [0.4, 0.5) is 4.39 Å². The maximum atomic E-state index is 13.5. The lowest BCUT2D eigenvalue weighted by Crippen LogP contribution is -2.51. The summed E-state index contributed by atoms with van der Waals surface area (Å²) >= 11 is 5.71. The van der Waals surface area contributed by atoms with Crippen LogP contribution in [0.5, 0.6) is 0 Å². The summed E-state index contributed by atoms with van der Waals surface area (Å²) in [6.07, 6.45) is 1.96. The average molecular weight is 341 g/mol. The van der Waals surface area contributed by atoms with Crippen molar-refractivity contribution in [3.05, 3.63) is 34.6 Å². The van der Waals surface area contributed by atoms with Crippen molar-refractivity contribution in [3.8, 4) is 0 Å². The van der Waals surface area contributed by atoms with Crippen LogP contribution in [0, 0.1) is 17.7 Å². The predicted octanol–water partition coefficient (Wildman–Crippen LogP) is 3.85. The van der Waals surface area contributed by atoms with Gasteiger partial charge in [0, 0.05) is 31.6 Å². The maximum Gasteiger partial charge on any atom is 0.225 e.